The third kappa shape index (κ3) is 5.65. The predicted octanol–water partition coefficient (Wildman–Crippen LogP) is 3.70. The van der Waals surface area contributed by atoms with E-state index in [1.165, 1.54) is 19.3 Å². The SMILES string of the molecule is Cc1cnc2cc(N3CCOCC3)nc(OC3CCC(Nc4ncc(N5CCC6CCC(C5)N6)cn4)CC3)c2c1. The van der Waals surface area contributed by atoms with Gasteiger partial charge in [0.05, 0.1) is 42.2 Å². The lowest BCUT2D eigenvalue weighted by atomic mass is 9.93. The van der Waals surface area contributed by atoms with Crippen molar-refractivity contribution in [3.8, 4) is 5.88 Å². The molecular weight excluding hydrogens is 504 g/mol. The zero-order chi connectivity index (χ0) is 26.9. The van der Waals surface area contributed by atoms with Gasteiger partial charge in [0.25, 0.3) is 0 Å². The van der Waals surface area contributed by atoms with E-state index in [2.05, 4.69) is 49.5 Å². The maximum atomic E-state index is 6.59. The second-order valence-electron chi connectivity index (χ2n) is 11.8. The first-order valence-corrected chi connectivity index (χ1v) is 15.0. The van der Waals surface area contributed by atoms with E-state index in [9.17, 15) is 0 Å². The minimum absolute atomic E-state index is 0.129. The lowest BCUT2D eigenvalue weighted by Crippen LogP contribution is -2.37. The van der Waals surface area contributed by atoms with Crippen LogP contribution in [0.4, 0.5) is 17.5 Å². The molecule has 2 N–H and O–H groups in total. The van der Waals surface area contributed by atoms with Gasteiger partial charge in [0.15, 0.2) is 0 Å². The summed E-state index contributed by atoms with van der Waals surface area (Å²) in [7, 11) is 0. The van der Waals surface area contributed by atoms with Gasteiger partial charge in [0.2, 0.25) is 11.8 Å². The standard InChI is InChI=1S/C30H40N8O2/c1-20-14-26-27(31-16-20)15-28(37-10-12-39-13-11-37)36-29(26)40-25-6-4-21(5-7-25)35-30-32-17-24(18-33-30)38-9-8-22-2-3-23(19-38)34-22/h14-18,21-23,25,34H,2-13,19H2,1H3,(H,32,33,35). The van der Waals surface area contributed by atoms with Crippen LogP contribution >= 0.6 is 0 Å². The molecule has 6 heterocycles. The molecule has 2 atom stereocenters. The van der Waals surface area contributed by atoms with Crippen molar-refractivity contribution >= 4 is 28.4 Å². The van der Waals surface area contributed by atoms with E-state index in [4.69, 9.17) is 19.4 Å². The van der Waals surface area contributed by atoms with Gasteiger partial charge in [-0.3, -0.25) is 4.98 Å². The molecule has 10 heteroatoms. The second kappa shape index (κ2) is 11.3. The van der Waals surface area contributed by atoms with Crippen LogP contribution in [0.5, 0.6) is 5.88 Å². The van der Waals surface area contributed by atoms with Crippen molar-refractivity contribution in [1.82, 2.24) is 25.3 Å². The maximum Gasteiger partial charge on any atom is 0.225 e. The summed E-state index contributed by atoms with van der Waals surface area (Å²) in [5, 5.41) is 8.30. The number of pyridine rings is 2. The molecule has 0 radical (unpaired) electrons. The van der Waals surface area contributed by atoms with E-state index in [0.717, 1.165) is 99.0 Å². The number of nitrogens with one attached hydrogen (secondary N) is 2. The fraction of sp³-hybridized carbons (Fsp3) is 0.600. The molecule has 212 valence electrons. The summed E-state index contributed by atoms with van der Waals surface area (Å²) in [6, 6.07) is 5.83. The number of hydrogen-bond acceptors (Lipinski definition) is 10. The minimum atomic E-state index is 0.129. The zero-order valence-electron chi connectivity index (χ0n) is 23.4. The van der Waals surface area contributed by atoms with E-state index < -0.39 is 0 Å². The summed E-state index contributed by atoms with van der Waals surface area (Å²) >= 11 is 0. The number of aromatic nitrogens is 4. The lowest BCUT2D eigenvalue weighted by molar-refractivity contribution is 0.122. The van der Waals surface area contributed by atoms with Crippen LogP contribution in [0, 0.1) is 6.92 Å². The van der Waals surface area contributed by atoms with Crippen LogP contribution in [0.3, 0.4) is 0 Å². The van der Waals surface area contributed by atoms with Crippen LogP contribution in [-0.2, 0) is 4.74 Å². The molecule has 0 spiro atoms. The summed E-state index contributed by atoms with van der Waals surface area (Å²) in [6.07, 6.45) is 13.7. The molecule has 4 fully saturated rings. The number of fused-ring (bicyclic) bond motifs is 3. The molecule has 3 aliphatic heterocycles. The van der Waals surface area contributed by atoms with Crippen molar-refractivity contribution in [2.24, 2.45) is 0 Å². The number of ether oxygens (including phenoxy) is 2. The highest BCUT2D eigenvalue weighted by atomic mass is 16.5. The highest BCUT2D eigenvalue weighted by Crippen LogP contribution is 2.32. The van der Waals surface area contributed by atoms with Crippen molar-refractivity contribution in [2.45, 2.75) is 76.1 Å². The Balaban J connectivity index is 0.971. The largest absolute Gasteiger partial charge is 0.474 e. The van der Waals surface area contributed by atoms with Crippen molar-refractivity contribution in [3.63, 3.8) is 0 Å². The molecule has 4 aliphatic rings. The molecule has 3 aromatic rings. The fourth-order valence-electron chi connectivity index (χ4n) is 6.63. The maximum absolute atomic E-state index is 6.59. The van der Waals surface area contributed by atoms with E-state index in [1.807, 2.05) is 18.6 Å². The monoisotopic (exact) mass is 544 g/mol. The number of morpholine rings is 1. The topological polar surface area (TPSA) is 101 Å². The highest BCUT2D eigenvalue weighted by molar-refractivity contribution is 5.86. The van der Waals surface area contributed by atoms with Gasteiger partial charge >= 0.3 is 0 Å². The fourth-order valence-corrected chi connectivity index (χ4v) is 6.63. The second-order valence-corrected chi connectivity index (χ2v) is 11.8. The highest BCUT2D eigenvalue weighted by Gasteiger charge is 2.30. The number of aryl methyl sites for hydroxylation is 1. The molecule has 3 saturated heterocycles. The molecule has 2 bridgehead atoms. The Morgan fingerprint density at radius 2 is 1.68 bits per heavy atom. The molecule has 2 unspecified atom stereocenters. The molecule has 1 saturated carbocycles. The van der Waals surface area contributed by atoms with Gasteiger partial charge in [-0.2, -0.15) is 4.98 Å². The summed E-state index contributed by atoms with van der Waals surface area (Å²) < 4.78 is 12.1. The van der Waals surface area contributed by atoms with Crippen LogP contribution < -0.4 is 25.2 Å². The molecule has 0 aromatic carbocycles. The van der Waals surface area contributed by atoms with Crippen LogP contribution in [0.2, 0.25) is 0 Å². The van der Waals surface area contributed by atoms with Gasteiger partial charge in [-0.15, -0.1) is 0 Å². The Hall–Kier alpha value is -3.24. The summed E-state index contributed by atoms with van der Waals surface area (Å²) in [4.78, 5) is 23.7. The van der Waals surface area contributed by atoms with Crippen LogP contribution in [0.25, 0.3) is 10.9 Å². The normalized spacial score (nSPS) is 27.0. The first kappa shape index (κ1) is 25.7. The van der Waals surface area contributed by atoms with Crippen molar-refractivity contribution in [3.05, 3.63) is 36.3 Å². The first-order valence-electron chi connectivity index (χ1n) is 15.0. The van der Waals surface area contributed by atoms with E-state index in [-0.39, 0.29) is 6.10 Å². The zero-order valence-corrected chi connectivity index (χ0v) is 23.4. The van der Waals surface area contributed by atoms with Gasteiger partial charge in [-0.1, -0.05) is 0 Å². The average Bonchev–Trinajstić information content (AvgIpc) is 3.33. The Morgan fingerprint density at radius 1 is 0.875 bits per heavy atom. The number of anilines is 3. The summed E-state index contributed by atoms with van der Waals surface area (Å²) in [5.74, 6) is 2.33. The van der Waals surface area contributed by atoms with Crippen molar-refractivity contribution < 1.29 is 9.47 Å². The van der Waals surface area contributed by atoms with Gasteiger partial charge in [0, 0.05) is 56.6 Å². The Bertz CT molecular complexity index is 1310. The lowest BCUT2D eigenvalue weighted by Gasteiger charge is -2.31. The van der Waals surface area contributed by atoms with Crippen molar-refractivity contribution in [1.29, 1.82) is 0 Å². The Labute approximate surface area is 235 Å². The molecule has 7 rings (SSSR count). The molecule has 1 aliphatic carbocycles. The quantitative estimate of drug-likeness (QED) is 0.478. The number of hydrogen-bond donors (Lipinski definition) is 2. The van der Waals surface area contributed by atoms with Gasteiger partial charge in [-0.25, -0.2) is 9.97 Å². The predicted molar refractivity (Wildman–Crippen MR) is 156 cm³/mol. The smallest absolute Gasteiger partial charge is 0.225 e. The van der Waals surface area contributed by atoms with Crippen LogP contribution in [0.15, 0.2) is 30.7 Å². The molecule has 0 amide bonds. The minimum Gasteiger partial charge on any atom is -0.474 e. The first-order chi connectivity index (χ1) is 19.7. The third-order valence-electron chi connectivity index (χ3n) is 8.91. The van der Waals surface area contributed by atoms with Gasteiger partial charge in [-0.05, 0) is 63.5 Å². The van der Waals surface area contributed by atoms with E-state index in [0.29, 0.717) is 24.0 Å². The summed E-state index contributed by atoms with van der Waals surface area (Å²) in [5.41, 5.74) is 3.16. The van der Waals surface area contributed by atoms with Gasteiger partial charge < -0.3 is 29.9 Å². The average molecular weight is 545 g/mol. The van der Waals surface area contributed by atoms with Crippen LogP contribution in [-0.4, -0.2) is 83.6 Å². The van der Waals surface area contributed by atoms with Crippen molar-refractivity contribution in [2.75, 3.05) is 54.5 Å². The number of nitrogens with zero attached hydrogens (tertiary/aromatic N) is 6. The Morgan fingerprint density at radius 3 is 2.50 bits per heavy atom. The van der Waals surface area contributed by atoms with Gasteiger partial charge in [0.1, 0.15) is 11.9 Å². The van der Waals surface area contributed by atoms with Crippen LogP contribution in [0.1, 0.15) is 50.5 Å². The summed E-state index contributed by atoms with van der Waals surface area (Å²) in [6.45, 7) is 7.29. The Kier molecular flexibility index (Phi) is 7.28. The number of rotatable bonds is 6. The molecular formula is C30H40N8O2. The third-order valence-corrected chi connectivity index (χ3v) is 8.91. The van der Waals surface area contributed by atoms with E-state index in [1.54, 1.807) is 0 Å². The van der Waals surface area contributed by atoms with E-state index >= 15 is 0 Å². The molecule has 3 aromatic heterocycles. The molecule has 40 heavy (non-hydrogen) atoms. The molecule has 10 nitrogen and oxygen atoms in total.